The van der Waals surface area contributed by atoms with Gasteiger partial charge in [-0.25, -0.2) is 0 Å². The van der Waals surface area contributed by atoms with Crippen molar-refractivity contribution in [3.63, 3.8) is 0 Å². The maximum Gasteiger partial charge on any atom is 0.270 e. The van der Waals surface area contributed by atoms with Crippen LogP contribution in [0.2, 0.25) is 0 Å². The van der Waals surface area contributed by atoms with E-state index in [4.69, 9.17) is 0 Å². The Morgan fingerprint density at radius 2 is 1.68 bits per heavy atom. The number of rotatable bonds is 3. The fraction of sp³-hybridized carbons (Fsp3) is 0.444. The largest absolute Gasteiger partial charge is 0.335 e. The SMILES string of the molecule is O=C(C1=CCCCC1)N1CCN(C(=O)c2cccc([N+](=O)[O-])c2)CC1. The molecule has 0 atom stereocenters. The number of nitro benzene ring substituents is 1. The van der Waals surface area contributed by atoms with Crippen LogP contribution in [-0.4, -0.2) is 52.7 Å². The molecule has 132 valence electrons. The summed E-state index contributed by atoms with van der Waals surface area (Å²) < 4.78 is 0. The molecule has 0 aromatic heterocycles. The Morgan fingerprint density at radius 3 is 2.28 bits per heavy atom. The van der Waals surface area contributed by atoms with Crippen LogP contribution in [0.15, 0.2) is 35.9 Å². The van der Waals surface area contributed by atoms with Crippen LogP contribution < -0.4 is 0 Å². The molecule has 7 nitrogen and oxygen atoms in total. The summed E-state index contributed by atoms with van der Waals surface area (Å²) in [6.07, 6.45) is 6.04. The van der Waals surface area contributed by atoms with Crippen molar-refractivity contribution in [2.24, 2.45) is 0 Å². The van der Waals surface area contributed by atoms with Gasteiger partial charge in [-0.05, 0) is 31.7 Å². The van der Waals surface area contributed by atoms with E-state index in [1.165, 1.54) is 18.2 Å². The van der Waals surface area contributed by atoms with Crippen molar-refractivity contribution >= 4 is 17.5 Å². The van der Waals surface area contributed by atoms with Crippen LogP contribution >= 0.6 is 0 Å². The fourth-order valence-electron chi connectivity index (χ4n) is 3.28. The maximum absolute atomic E-state index is 12.5. The second-order valence-corrected chi connectivity index (χ2v) is 6.37. The van der Waals surface area contributed by atoms with Gasteiger partial charge in [-0.2, -0.15) is 0 Å². The molecule has 3 rings (SSSR count). The maximum atomic E-state index is 12.5. The van der Waals surface area contributed by atoms with Crippen molar-refractivity contribution in [2.45, 2.75) is 25.7 Å². The van der Waals surface area contributed by atoms with Gasteiger partial charge in [0.1, 0.15) is 0 Å². The molecule has 0 spiro atoms. The lowest BCUT2D eigenvalue weighted by molar-refractivity contribution is -0.384. The number of carbonyl (C=O) groups excluding carboxylic acids is 2. The predicted molar refractivity (Wildman–Crippen MR) is 92.1 cm³/mol. The third-order valence-electron chi connectivity index (χ3n) is 4.72. The van der Waals surface area contributed by atoms with E-state index in [2.05, 4.69) is 0 Å². The summed E-state index contributed by atoms with van der Waals surface area (Å²) in [5.74, 6) is -0.144. The van der Waals surface area contributed by atoms with Gasteiger partial charge in [0.15, 0.2) is 0 Å². The van der Waals surface area contributed by atoms with Crippen molar-refractivity contribution in [1.29, 1.82) is 0 Å². The number of piperazine rings is 1. The van der Waals surface area contributed by atoms with Crippen LogP contribution in [0.25, 0.3) is 0 Å². The molecule has 1 saturated heterocycles. The average Bonchev–Trinajstić information content (AvgIpc) is 2.67. The zero-order valence-corrected chi connectivity index (χ0v) is 14.0. The number of hydrogen-bond acceptors (Lipinski definition) is 4. The van der Waals surface area contributed by atoms with Gasteiger partial charge in [0.25, 0.3) is 11.6 Å². The number of carbonyl (C=O) groups is 2. The summed E-state index contributed by atoms with van der Waals surface area (Å²) >= 11 is 0. The zero-order chi connectivity index (χ0) is 17.8. The lowest BCUT2D eigenvalue weighted by Gasteiger charge is -2.35. The van der Waals surface area contributed by atoms with E-state index in [0.29, 0.717) is 31.7 Å². The summed E-state index contributed by atoms with van der Waals surface area (Å²) in [5.41, 5.74) is 1.11. The number of amides is 2. The molecule has 1 heterocycles. The number of allylic oxidation sites excluding steroid dienone is 1. The quantitative estimate of drug-likeness (QED) is 0.623. The third-order valence-corrected chi connectivity index (χ3v) is 4.72. The molecule has 0 saturated carbocycles. The minimum absolute atomic E-state index is 0.0853. The second kappa shape index (κ2) is 7.46. The molecule has 7 heteroatoms. The first-order chi connectivity index (χ1) is 12.1. The highest BCUT2D eigenvalue weighted by molar-refractivity contribution is 5.96. The highest BCUT2D eigenvalue weighted by Gasteiger charge is 2.27. The van der Waals surface area contributed by atoms with E-state index >= 15 is 0 Å². The lowest BCUT2D eigenvalue weighted by atomic mass is 9.98. The van der Waals surface area contributed by atoms with Crippen LogP contribution in [0, 0.1) is 10.1 Å². The van der Waals surface area contributed by atoms with Crippen LogP contribution in [0.4, 0.5) is 5.69 Å². The molecular weight excluding hydrogens is 322 g/mol. The van der Waals surface area contributed by atoms with Crippen LogP contribution in [-0.2, 0) is 4.79 Å². The summed E-state index contributed by atoms with van der Waals surface area (Å²) in [6.45, 7) is 1.88. The summed E-state index contributed by atoms with van der Waals surface area (Å²) in [7, 11) is 0. The molecule has 0 bridgehead atoms. The van der Waals surface area contributed by atoms with Crippen LogP contribution in [0.5, 0.6) is 0 Å². The standard InChI is InChI=1S/C18H21N3O4/c22-17(14-5-2-1-3-6-14)19-9-11-20(12-10-19)18(23)15-7-4-8-16(13-15)21(24)25/h4-5,7-8,13H,1-3,6,9-12H2. The topological polar surface area (TPSA) is 83.8 Å². The van der Waals surface area contributed by atoms with Gasteiger partial charge < -0.3 is 9.80 Å². The molecule has 0 radical (unpaired) electrons. The van der Waals surface area contributed by atoms with E-state index in [9.17, 15) is 19.7 Å². The van der Waals surface area contributed by atoms with E-state index in [-0.39, 0.29) is 17.5 Å². The first-order valence-corrected chi connectivity index (χ1v) is 8.58. The van der Waals surface area contributed by atoms with Crippen LogP contribution in [0.1, 0.15) is 36.0 Å². The van der Waals surface area contributed by atoms with E-state index < -0.39 is 4.92 Å². The number of benzene rings is 1. The zero-order valence-electron chi connectivity index (χ0n) is 14.0. The third kappa shape index (κ3) is 3.87. The Morgan fingerprint density at radius 1 is 1.00 bits per heavy atom. The molecule has 1 fully saturated rings. The first-order valence-electron chi connectivity index (χ1n) is 8.58. The minimum atomic E-state index is -0.509. The Bertz CT molecular complexity index is 721. The van der Waals surface area contributed by atoms with Gasteiger partial charge in [0.2, 0.25) is 5.91 Å². The van der Waals surface area contributed by atoms with E-state index in [1.54, 1.807) is 15.9 Å². The number of nitro groups is 1. The molecule has 2 aliphatic rings. The monoisotopic (exact) mass is 343 g/mol. The molecule has 0 N–H and O–H groups in total. The Labute approximate surface area is 146 Å². The smallest absolute Gasteiger partial charge is 0.270 e. The molecule has 1 aromatic rings. The molecule has 1 aromatic carbocycles. The molecule has 1 aliphatic heterocycles. The number of hydrogen-bond donors (Lipinski definition) is 0. The Hall–Kier alpha value is -2.70. The summed E-state index contributed by atoms with van der Waals surface area (Å²) in [4.78, 5) is 38.8. The van der Waals surface area contributed by atoms with Crippen molar-refractivity contribution in [1.82, 2.24) is 9.80 Å². The molecule has 25 heavy (non-hydrogen) atoms. The van der Waals surface area contributed by atoms with Crippen LogP contribution in [0.3, 0.4) is 0 Å². The van der Waals surface area contributed by atoms with Gasteiger partial charge in [-0.1, -0.05) is 12.1 Å². The fourth-order valence-corrected chi connectivity index (χ4v) is 3.28. The number of nitrogens with zero attached hydrogens (tertiary/aromatic N) is 3. The van der Waals surface area contributed by atoms with Gasteiger partial charge in [0.05, 0.1) is 4.92 Å². The Balaban J connectivity index is 1.61. The van der Waals surface area contributed by atoms with E-state index in [1.807, 2.05) is 6.08 Å². The van der Waals surface area contributed by atoms with Crippen molar-refractivity contribution in [2.75, 3.05) is 26.2 Å². The summed E-state index contributed by atoms with van der Waals surface area (Å²) in [5, 5.41) is 10.9. The highest BCUT2D eigenvalue weighted by Crippen LogP contribution is 2.21. The first kappa shape index (κ1) is 17.1. The predicted octanol–water partition coefficient (Wildman–Crippen LogP) is 2.38. The van der Waals surface area contributed by atoms with Gasteiger partial charge in [0, 0.05) is 49.4 Å². The normalized spacial score (nSPS) is 17.8. The molecular formula is C18H21N3O4. The Kier molecular flexibility index (Phi) is 5.11. The highest BCUT2D eigenvalue weighted by atomic mass is 16.6. The van der Waals surface area contributed by atoms with Gasteiger partial charge in [-0.15, -0.1) is 0 Å². The van der Waals surface area contributed by atoms with E-state index in [0.717, 1.165) is 31.3 Å². The average molecular weight is 343 g/mol. The summed E-state index contributed by atoms with van der Waals surface area (Å²) in [6, 6.07) is 5.76. The molecule has 0 unspecified atom stereocenters. The lowest BCUT2D eigenvalue weighted by Crippen LogP contribution is -2.51. The van der Waals surface area contributed by atoms with Crippen molar-refractivity contribution in [3.8, 4) is 0 Å². The van der Waals surface area contributed by atoms with Crippen molar-refractivity contribution in [3.05, 3.63) is 51.6 Å². The second-order valence-electron chi connectivity index (χ2n) is 6.37. The van der Waals surface area contributed by atoms with Crippen molar-refractivity contribution < 1.29 is 14.5 Å². The molecule has 2 amide bonds. The van der Waals surface area contributed by atoms with Gasteiger partial charge in [-0.3, -0.25) is 19.7 Å². The molecule has 1 aliphatic carbocycles. The minimum Gasteiger partial charge on any atom is -0.335 e. The van der Waals surface area contributed by atoms with Gasteiger partial charge >= 0.3 is 0 Å². The number of non-ortho nitro benzene ring substituents is 1.